The second-order valence-electron chi connectivity index (χ2n) is 7.47. The third-order valence-electron chi connectivity index (χ3n) is 5.23. The molecule has 0 spiro atoms. The van der Waals surface area contributed by atoms with Crippen molar-refractivity contribution in [2.45, 2.75) is 32.6 Å². The fraction of sp³-hybridized carbons (Fsp3) is 0.476. The molecule has 4 N–H and O–H groups in total. The highest BCUT2D eigenvalue weighted by atomic mass is 127. The second-order valence-corrected chi connectivity index (χ2v) is 8.23. The number of carbonyl (C=O) groups excluding carboxylic acids is 1. The van der Waals surface area contributed by atoms with Crippen LogP contribution in [0.25, 0.3) is 11.0 Å². The number of hydrogen-bond donors (Lipinski definition) is 3. The maximum atomic E-state index is 14.5. The van der Waals surface area contributed by atoms with Gasteiger partial charge in [0.25, 0.3) is 0 Å². The molecular formula is C21H28FIN6O. The molecule has 162 valence electrons. The number of aliphatic imine (C=N–C) groups is 1. The summed E-state index contributed by atoms with van der Waals surface area (Å²) in [6.45, 7) is 4.05. The fourth-order valence-corrected chi connectivity index (χ4v) is 4.04. The van der Waals surface area contributed by atoms with Gasteiger partial charge < -0.3 is 20.9 Å². The molecule has 1 amide bonds. The van der Waals surface area contributed by atoms with Crippen molar-refractivity contribution in [1.82, 2.24) is 20.2 Å². The maximum Gasteiger partial charge on any atom is 0.222 e. The number of amidine groups is 1. The van der Waals surface area contributed by atoms with E-state index in [1.165, 1.54) is 0 Å². The lowest BCUT2D eigenvalue weighted by Gasteiger charge is -2.33. The molecule has 1 atom stereocenters. The SMILES string of the molecule is CCCC(=O)N1CCC[C@H](CN/C(N=C(N)c2c[nH]c3ncccc23)=C(\F)CI)C1. The van der Waals surface area contributed by atoms with Crippen LogP contribution in [0.1, 0.15) is 38.2 Å². The zero-order chi connectivity index (χ0) is 21.5. The first kappa shape index (κ1) is 22.5. The van der Waals surface area contributed by atoms with E-state index in [2.05, 4.69) is 20.3 Å². The van der Waals surface area contributed by atoms with Crippen LogP contribution < -0.4 is 11.1 Å². The summed E-state index contributed by atoms with van der Waals surface area (Å²) < 4.78 is 14.7. The number of alkyl halides is 1. The Morgan fingerprint density at radius 2 is 2.37 bits per heavy atom. The Bertz CT molecular complexity index is 940. The van der Waals surface area contributed by atoms with Crippen molar-refractivity contribution >= 4 is 45.4 Å². The molecule has 0 unspecified atom stereocenters. The molecule has 1 aliphatic heterocycles. The Balaban J connectivity index is 1.71. The first-order valence-corrected chi connectivity index (χ1v) is 11.8. The Hall–Kier alpha value is -2.17. The summed E-state index contributed by atoms with van der Waals surface area (Å²) in [5.41, 5.74) is 7.60. The lowest BCUT2D eigenvalue weighted by molar-refractivity contribution is -0.133. The summed E-state index contributed by atoms with van der Waals surface area (Å²) >= 11 is 1.97. The Morgan fingerprint density at radius 1 is 1.53 bits per heavy atom. The van der Waals surface area contributed by atoms with Gasteiger partial charge >= 0.3 is 0 Å². The number of nitrogens with one attached hydrogen (secondary N) is 2. The molecule has 3 rings (SSSR count). The van der Waals surface area contributed by atoms with Gasteiger partial charge in [0, 0.05) is 49.4 Å². The highest BCUT2D eigenvalue weighted by Crippen LogP contribution is 2.20. The molecule has 9 heteroatoms. The van der Waals surface area contributed by atoms with Crippen molar-refractivity contribution in [3.63, 3.8) is 0 Å². The molecule has 0 aliphatic carbocycles. The monoisotopic (exact) mass is 526 g/mol. The third kappa shape index (κ3) is 5.50. The molecule has 1 saturated heterocycles. The fourth-order valence-electron chi connectivity index (χ4n) is 3.68. The highest BCUT2D eigenvalue weighted by Gasteiger charge is 2.23. The number of hydrogen-bond acceptors (Lipinski definition) is 4. The molecule has 1 fully saturated rings. The van der Waals surface area contributed by atoms with E-state index in [1.807, 2.05) is 46.5 Å². The van der Waals surface area contributed by atoms with Crippen LogP contribution in [0.2, 0.25) is 0 Å². The van der Waals surface area contributed by atoms with Crippen LogP contribution in [0.15, 0.2) is 41.2 Å². The number of rotatable bonds is 8. The van der Waals surface area contributed by atoms with Crippen LogP contribution in [0.3, 0.4) is 0 Å². The normalized spacial score (nSPS) is 18.4. The van der Waals surface area contributed by atoms with Gasteiger partial charge in [0.2, 0.25) is 5.91 Å². The number of allylic oxidation sites excluding steroid dienone is 1. The van der Waals surface area contributed by atoms with Gasteiger partial charge in [0.05, 0.1) is 4.43 Å². The zero-order valence-electron chi connectivity index (χ0n) is 17.1. The van der Waals surface area contributed by atoms with E-state index in [1.54, 1.807) is 12.4 Å². The standard InChI is InChI=1S/C21H28FIN6O/c1-2-5-18(30)29-9-4-6-14(13-29)11-26-21(17(22)10-23)28-19(24)16-12-27-20-15(16)7-3-8-25-20/h3,7-8,12,14,26H,2,4-6,9-11,13H2,1H3,(H2,24,28)(H,25,27)/b21-17+/t14-/m1/s1. The Morgan fingerprint density at radius 3 is 3.13 bits per heavy atom. The number of nitrogens with zero attached hydrogens (tertiary/aromatic N) is 3. The average molecular weight is 526 g/mol. The van der Waals surface area contributed by atoms with Gasteiger partial charge in [0.15, 0.2) is 11.6 Å². The zero-order valence-corrected chi connectivity index (χ0v) is 19.3. The van der Waals surface area contributed by atoms with Gasteiger partial charge in [-0.25, -0.2) is 14.4 Å². The van der Waals surface area contributed by atoms with Crippen LogP contribution in [-0.4, -0.2) is 50.7 Å². The van der Waals surface area contributed by atoms with Crippen LogP contribution >= 0.6 is 22.6 Å². The molecule has 3 heterocycles. The second kappa shape index (κ2) is 10.7. The quantitative estimate of drug-likeness (QED) is 0.212. The Kier molecular flexibility index (Phi) is 8.06. The van der Waals surface area contributed by atoms with Crippen molar-refractivity contribution < 1.29 is 9.18 Å². The first-order valence-electron chi connectivity index (χ1n) is 10.3. The van der Waals surface area contributed by atoms with Crippen LogP contribution in [0.5, 0.6) is 0 Å². The number of aromatic nitrogens is 2. The van der Waals surface area contributed by atoms with Crippen molar-refractivity contribution in [2.75, 3.05) is 24.1 Å². The number of aromatic amines is 1. The largest absolute Gasteiger partial charge is 0.383 e. The Labute approximate surface area is 189 Å². The number of amides is 1. The molecule has 0 radical (unpaired) electrons. The van der Waals surface area contributed by atoms with E-state index in [4.69, 9.17) is 5.73 Å². The lowest BCUT2D eigenvalue weighted by Crippen LogP contribution is -2.42. The topological polar surface area (TPSA) is 99.4 Å². The summed E-state index contributed by atoms with van der Waals surface area (Å²) in [7, 11) is 0. The highest BCUT2D eigenvalue weighted by molar-refractivity contribution is 14.1. The molecule has 1 aliphatic rings. The minimum absolute atomic E-state index is 0.150. The number of H-pyrrole nitrogens is 1. The molecule has 0 bridgehead atoms. The van der Waals surface area contributed by atoms with Crippen LogP contribution in [-0.2, 0) is 4.79 Å². The van der Waals surface area contributed by atoms with E-state index >= 15 is 0 Å². The van der Waals surface area contributed by atoms with Gasteiger partial charge in [-0.05, 0) is 37.3 Å². The van der Waals surface area contributed by atoms with E-state index in [9.17, 15) is 9.18 Å². The number of nitrogens with two attached hydrogens (primary N) is 1. The van der Waals surface area contributed by atoms with E-state index in [-0.39, 0.29) is 33.7 Å². The number of fused-ring (bicyclic) bond motifs is 1. The summed E-state index contributed by atoms with van der Waals surface area (Å²) in [6.07, 6.45) is 6.81. The van der Waals surface area contributed by atoms with E-state index < -0.39 is 0 Å². The molecule has 7 nitrogen and oxygen atoms in total. The summed E-state index contributed by atoms with van der Waals surface area (Å²) in [5, 5.41) is 3.98. The van der Waals surface area contributed by atoms with E-state index in [0.29, 0.717) is 30.7 Å². The minimum Gasteiger partial charge on any atom is -0.383 e. The summed E-state index contributed by atoms with van der Waals surface area (Å²) in [5.74, 6) is 0.473. The van der Waals surface area contributed by atoms with Crippen molar-refractivity contribution in [2.24, 2.45) is 16.6 Å². The molecular weight excluding hydrogens is 498 g/mol. The molecule has 2 aromatic rings. The lowest BCUT2D eigenvalue weighted by atomic mass is 9.97. The van der Waals surface area contributed by atoms with E-state index in [0.717, 1.165) is 31.2 Å². The number of halogens is 2. The third-order valence-corrected chi connectivity index (χ3v) is 5.90. The number of pyridine rings is 1. The van der Waals surface area contributed by atoms with Crippen molar-refractivity contribution in [1.29, 1.82) is 0 Å². The minimum atomic E-state index is -0.355. The van der Waals surface area contributed by atoms with Gasteiger partial charge in [-0.3, -0.25) is 4.79 Å². The molecule has 0 aromatic carbocycles. The van der Waals surface area contributed by atoms with Gasteiger partial charge in [-0.1, -0.05) is 29.5 Å². The van der Waals surface area contributed by atoms with Crippen LogP contribution in [0.4, 0.5) is 4.39 Å². The van der Waals surface area contributed by atoms with Crippen LogP contribution in [0, 0.1) is 5.92 Å². The smallest absolute Gasteiger partial charge is 0.222 e. The number of piperidine rings is 1. The van der Waals surface area contributed by atoms with Crippen molar-refractivity contribution in [3.8, 4) is 0 Å². The predicted octanol–water partition coefficient (Wildman–Crippen LogP) is 3.47. The van der Waals surface area contributed by atoms with Crippen molar-refractivity contribution in [3.05, 3.63) is 41.7 Å². The first-order chi connectivity index (χ1) is 14.5. The average Bonchev–Trinajstić information content (AvgIpc) is 3.20. The van der Waals surface area contributed by atoms with Gasteiger partial charge in [-0.2, -0.15) is 0 Å². The number of likely N-dealkylation sites (tertiary alicyclic amines) is 1. The maximum absolute atomic E-state index is 14.5. The molecule has 0 saturated carbocycles. The molecule has 30 heavy (non-hydrogen) atoms. The number of carbonyl (C=O) groups is 1. The predicted molar refractivity (Wildman–Crippen MR) is 126 cm³/mol. The van der Waals surface area contributed by atoms with Gasteiger partial charge in [-0.15, -0.1) is 0 Å². The molecule has 2 aromatic heterocycles. The van der Waals surface area contributed by atoms with Gasteiger partial charge in [0.1, 0.15) is 11.5 Å². The summed E-state index contributed by atoms with van der Waals surface area (Å²) in [4.78, 5) is 25.8. The summed E-state index contributed by atoms with van der Waals surface area (Å²) in [6, 6.07) is 3.72.